The molecule has 0 aromatic rings. The summed E-state index contributed by atoms with van der Waals surface area (Å²) in [6.07, 6.45) is 12.5. The van der Waals surface area contributed by atoms with Gasteiger partial charge >= 0.3 is 0 Å². The average Bonchev–Trinajstić information content (AvgIpc) is 3.26. The summed E-state index contributed by atoms with van der Waals surface area (Å²) >= 11 is 0. The fraction of sp³-hybridized carbons (Fsp3) is 0.913. The van der Waals surface area contributed by atoms with Gasteiger partial charge in [-0.1, -0.05) is 18.6 Å². The molecular formula is C23H36O4. The third kappa shape index (κ3) is 2.56. The third-order valence-electron chi connectivity index (χ3n) is 9.25. The molecule has 0 aromatic carbocycles. The summed E-state index contributed by atoms with van der Waals surface area (Å²) in [5.41, 5.74) is 2.14. The first-order valence-electron chi connectivity index (χ1n) is 11.1. The minimum Gasteiger partial charge on any atom is -0.384 e. The highest BCUT2D eigenvalue weighted by atomic mass is 16.7. The Morgan fingerprint density at radius 2 is 1.85 bits per heavy atom. The lowest BCUT2D eigenvalue weighted by molar-refractivity contribution is -0.192. The van der Waals surface area contributed by atoms with Crippen molar-refractivity contribution in [2.45, 2.75) is 70.2 Å². The molecule has 4 fully saturated rings. The molecule has 0 N–H and O–H groups in total. The van der Waals surface area contributed by atoms with Crippen LogP contribution < -0.4 is 0 Å². The molecule has 3 saturated carbocycles. The van der Waals surface area contributed by atoms with E-state index in [-0.39, 0.29) is 11.2 Å². The van der Waals surface area contributed by atoms with E-state index in [4.69, 9.17) is 18.9 Å². The summed E-state index contributed by atoms with van der Waals surface area (Å²) in [5.74, 6) is 1.97. The third-order valence-corrected chi connectivity index (χ3v) is 9.25. The van der Waals surface area contributed by atoms with Crippen molar-refractivity contribution in [3.8, 4) is 0 Å². The second-order valence-electron chi connectivity index (χ2n) is 10.1. The number of ether oxygens (including phenoxy) is 4. The van der Waals surface area contributed by atoms with Crippen molar-refractivity contribution in [2.24, 2.45) is 28.6 Å². The number of fused-ring (bicyclic) bond motifs is 5. The number of hydrogen-bond acceptors (Lipinski definition) is 4. The van der Waals surface area contributed by atoms with Crippen LogP contribution in [0.3, 0.4) is 0 Å². The Hall–Kier alpha value is -0.420. The van der Waals surface area contributed by atoms with E-state index in [1.165, 1.54) is 32.1 Å². The van der Waals surface area contributed by atoms with Crippen LogP contribution in [0.2, 0.25) is 0 Å². The lowest BCUT2D eigenvalue weighted by Gasteiger charge is -2.59. The zero-order valence-electron chi connectivity index (χ0n) is 17.3. The first-order chi connectivity index (χ1) is 13.1. The Labute approximate surface area is 164 Å². The molecule has 0 amide bonds. The van der Waals surface area contributed by atoms with Crippen molar-refractivity contribution in [2.75, 3.05) is 34.0 Å². The fourth-order valence-corrected chi connectivity index (χ4v) is 8.02. The highest BCUT2D eigenvalue weighted by Crippen LogP contribution is 2.66. The monoisotopic (exact) mass is 376 g/mol. The van der Waals surface area contributed by atoms with E-state index < -0.39 is 0 Å². The van der Waals surface area contributed by atoms with Crippen LogP contribution >= 0.6 is 0 Å². The standard InChI is InChI=1S/C23H36O4/c1-21-9-8-19-17(18(21)6-7-20(21)25-3)5-4-16-14-23(26-12-13-27-23)11-10-22(16,19)15-24-2/h4,17-20H,5-15H2,1-3H3/t17-,18-,19-,20-,21-,22+/m0/s1. The number of hydrogen-bond donors (Lipinski definition) is 0. The van der Waals surface area contributed by atoms with Crippen molar-refractivity contribution < 1.29 is 18.9 Å². The Morgan fingerprint density at radius 1 is 1.04 bits per heavy atom. The molecule has 1 saturated heterocycles. The SMILES string of the molecule is COC[C@]12CCC3(CC1=CC[C@@H]1[C@@H]2CC[C@]2(C)[C@@H](OC)CC[C@@H]12)OCCO3. The van der Waals surface area contributed by atoms with E-state index in [1.807, 2.05) is 14.2 Å². The zero-order valence-corrected chi connectivity index (χ0v) is 17.3. The minimum atomic E-state index is -0.340. The van der Waals surface area contributed by atoms with Gasteiger partial charge in [0.25, 0.3) is 0 Å². The molecule has 0 unspecified atom stereocenters. The van der Waals surface area contributed by atoms with E-state index in [9.17, 15) is 0 Å². The minimum absolute atomic E-state index is 0.199. The summed E-state index contributed by atoms with van der Waals surface area (Å²) in [6, 6.07) is 0. The van der Waals surface area contributed by atoms with Gasteiger partial charge in [0.1, 0.15) is 0 Å². The predicted octanol–water partition coefficient (Wildman–Crippen LogP) is 4.33. The molecule has 0 radical (unpaired) electrons. The topological polar surface area (TPSA) is 36.9 Å². The molecule has 152 valence electrons. The van der Waals surface area contributed by atoms with Gasteiger partial charge in [-0.05, 0) is 61.7 Å². The fourth-order valence-electron chi connectivity index (χ4n) is 8.02. The summed E-state index contributed by atoms with van der Waals surface area (Å²) < 4.78 is 24.0. The molecule has 0 aromatic heterocycles. The van der Waals surface area contributed by atoms with Gasteiger partial charge in [-0.3, -0.25) is 0 Å². The van der Waals surface area contributed by atoms with E-state index in [0.717, 1.165) is 56.8 Å². The molecule has 1 heterocycles. The molecular weight excluding hydrogens is 340 g/mol. The smallest absolute Gasteiger partial charge is 0.172 e. The number of allylic oxidation sites excluding steroid dienone is 1. The van der Waals surface area contributed by atoms with Gasteiger partial charge in [0.2, 0.25) is 0 Å². The maximum Gasteiger partial charge on any atom is 0.172 e. The molecule has 4 nitrogen and oxygen atoms in total. The van der Waals surface area contributed by atoms with Crippen molar-refractivity contribution in [3.05, 3.63) is 11.6 Å². The van der Waals surface area contributed by atoms with E-state index in [0.29, 0.717) is 11.5 Å². The average molecular weight is 377 g/mol. The summed E-state index contributed by atoms with van der Waals surface area (Å²) in [4.78, 5) is 0. The van der Waals surface area contributed by atoms with Gasteiger partial charge < -0.3 is 18.9 Å². The largest absolute Gasteiger partial charge is 0.384 e. The number of rotatable bonds is 3. The Balaban J connectivity index is 1.48. The van der Waals surface area contributed by atoms with Crippen LogP contribution in [-0.2, 0) is 18.9 Å². The van der Waals surface area contributed by atoms with Gasteiger partial charge in [0.05, 0.1) is 25.9 Å². The quantitative estimate of drug-likeness (QED) is 0.687. The lowest BCUT2D eigenvalue weighted by Crippen LogP contribution is -2.55. The Bertz CT molecular complexity index is 609. The zero-order chi connectivity index (χ0) is 18.7. The highest BCUT2D eigenvalue weighted by molar-refractivity contribution is 5.28. The molecule has 27 heavy (non-hydrogen) atoms. The predicted molar refractivity (Wildman–Crippen MR) is 103 cm³/mol. The van der Waals surface area contributed by atoms with Crippen LogP contribution in [0.1, 0.15) is 58.3 Å². The summed E-state index contributed by atoms with van der Waals surface area (Å²) in [6.45, 7) is 4.85. The summed E-state index contributed by atoms with van der Waals surface area (Å²) in [7, 11) is 3.80. The van der Waals surface area contributed by atoms with Crippen LogP contribution in [0.5, 0.6) is 0 Å². The molecule has 1 aliphatic heterocycles. The first-order valence-corrected chi connectivity index (χ1v) is 11.1. The van der Waals surface area contributed by atoms with E-state index in [1.54, 1.807) is 5.57 Å². The van der Waals surface area contributed by atoms with Gasteiger partial charge in [-0.2, -0.15) is 0 Å². The van der Waals surface area contributed by atoms with Crippen LogP contribution in [0.4, 0.5) is 0 Å². The van der Waals surface area contributed by atoms with Crippen molar-refractivity contribution in [1.82, 2.24) is 0 Å². The lowest BCUT2D eigenvalue weighted by atomic mass is 9.47. The van der Waals surface area contributed by atoms with Crippen molar-refractivity contribution >= 4 is 0 Å². The van der Waals surface area contributed by atoms with Gasteiger partial charge in [0, 0.05) is 32.5 Å². The highest BCUT2D eigenvalue weighted by Gasteiger charge is 2.61. The van der Waals surface area contributed by atoms with Crippen LogP contribution in [0.15, 0.2) is 11.6 Å². The van der Waals surface area contributed by atoms with Gasteiger partial charge in [0.15, 0.2) is 5.79 Å². The summed E-state index contributed by atoms with van der Waals surface area (Å²) in [5, 5.41) is 0. The molecule has 0 bridgehead atoms. The Kier molecular flexibility index (Phi) is 4.51. The van der Waals surface area contributed by atoms with Crippen LogP contribution in [0.25, 0.3) is 0 Å². The van der Waals surface area contributed by atoms with Crippen LogP contribution in [-0.4, -0.2) is 45.9 Å². The molecule has 6 atom stereocenters. The van der Waals surface area contributed by atoms with Gasteiger partial charge in [-0.15, -0.1) is 0 Å². The van der Waals surface area contributed by atoms with Crippen LogP contribution in [0, 0.1) is 28.6 Å². The number of methoxy groups -OCH3 is 2. The molecule has 4 aliphatic carbocycles. The molecule has 5 rings (SSSR count). The van der Waals surface area contributed by atoms with Crippen molar-refractivity contribution in [1.29, 1.82) is 0 Å². The normalized spacial score (nSPS) is 48.0. The van der Waals surface area contributed by atoms with Crippen molar-refractivity contribution in [3.63, 3.8) is 0 Å². The maximum atomic E-state index is 6.08. The maximum absolute atomic E-state index is 6.08. The van der Waals surface area contributed by atoms with E-state index >= 15 is 0 Å². The molecule has 1 spiro atoms. The first kappa shape index (κ1) is 18.6. The van der Waals surface area contributed by atoms with E-state index in [2.05, 4.69) is 13.0 Å². The molecule has 4 heteroatoms. The molecule has 5 aliphatic rings. The second-order valence-corrected chi connectivity index (χ2v) is 10.1. The van der Waals surface area contributed by atoms with Gasteiger partial charge in [-0.25, -0.2) is 0 Å². The second kappa shape index (κ2) is 6.55. The Morgan fingerprint density at radius 3 is 2.59 bits per heavy atom.